The quantitative estimate of drug-likeness (QED) is 0.0727. The Morgan fingerprint density at radius 1 is 1.00 bits per heavy atom. The van der Waals surface area contributed by atoms with Crippen LogP contribution in [0, 0.1) is 28.6 Å². The van der Waals surface area contributed by atoms with E-state index in [9.17, 15) is 9.59 Å². The highest BCUT2D eigenvalue weighted by molar-refractivity contribution is 8.77. The van der Waals surface area contributed by atoms with E-state index in [4.69, 9.17) is 4.74 Å². The first-order valence-electron chi connectivity index (χ1n) is 16.8. The summed E-state index contributed by atoms with van der Waals surface area (Å²) in [4.78, 5) is 23.0. The summed E-state index contributed by atoms with van der Waals surface area (Å²) in [5.41, 5.74) is 1.27. The van der Waals surface area contributed by atoms with Gasteiger partial charge in [0, 0.05) is 29.3 Å². The second-order valence-electron chi connectivity index (χ2n) is 16.0. The van der Waals surface area contributed by atoms with Crippen molar-refractivity contribution in [1.29, 1.82) is 0 Å². The van der Waals surface area contributed by atoms with Gasteiger partial charge in [-0.25, -0.2) is 0 Å². The molecule has 0 radical (unpaired) electrons. The number of hydrogen-bond acceptors (Lipinski definition) is 5. The normalized spacial score (nSPS) is 18.2. The molecule has 0 saturated carbocycles. The van der Waals surface area contributed by atoms with Crippen LogP contribution in [-0.4, -0.2) is 27.9 Å². The molecule has 0 N–H and O–H groups in total. The number of carbonyl (C=O) groups excluding carboxylic acids is 2. The third-order valence-electron chi connectivity index (χ3n) is 8.29. The third-order valence-corrected chi connectivity index (χ3v) is 11.7. The van der Waals surface area contributed by atoms with Crippen LogP contribution >= 0.6 is 21.6 Å². The Morgan fingerprint density at radius 3 is 2.00 bits per heavy atom. The smallest absolute Gasteiger partial charge is 0.306 e. The van der Waals surface area contributed by atoms with Gasteiger partial charge in [-0.1, -0.05) is 128 Å². The Morgan fingerprint density at radius 2 is 1.58 bits per heavy atom. The van der Waals surface area contributed by atoms with Gasteiger partial charge in [-0.05, 0) is 89.4 Å². The zero-order valence-corrected chi connectivity index (χ0v) is 32.8. The van der Waals surface area contributed by atoms with E-state index in [0.29, 0.717) is 34.2 Å². The maximum Gasteiger partial charge on any atom is 0.306 e. The lowest BCUT2D eigenvalue weighted by Crippen LogP contribution is -2.28. The number of unbranched alkanes of at least 4 members (excludes halogenated alkanes) is 1. The topological polar surface area (TPSA) is 43.4 Å². The lowest BCUT2D eigenvalue weighted by molar-refractivity contribution is -0.156. The number of ether oxygens (including phenoxy) is 1. The Labute approximate surface area is 277 Å². The van der Waals surface area contributed by atoms with E-state index in [1.54, 1.807) is 6.92 Å². The molecule has 0 aromatic carbocycles. The Kier molecular flexibility index (Phi) is 21.9. The van der Waals surface area contributed by atoms with Crippen molar-refractivity contribution in [1.82, 2.24) is 0 Å². The second-order valence-corrected chi connectivity index (χ2v) is 19.0. The minimum absolute atomic E-state index is 0.0742. The summed E-state index contributed by atoms with van der Waals surface area (Å²) in [6, 6.07) is 0. The molecule has 0 aliphatic carbocycles. The average Bonchev–Trinajstić information content (AvgIpc) is 3.26. The Hall–Kier alpha value is -0.680. The molecule has 0 amide bonds. The van der Waals surface area contributed by atoms with Gasteiger partial charge in [0.05, 0.1) is 0 Å². The summed E-state index contributed by atoms with van der Waals surface area (Å²) >= 11 is 0. The molecule has 1 aliphatic heterocycles. The maximum atomic E-state index is 11.9. The molecular weight excluding hydrogens is 569 g/mol. The number of rotatable bonds is 16. The van der Waals surface area contributed by atoms with Crippen LogP contribution in [0.1, 0.15) is 162 Å². The number of allylic oxidation sites excluding steroid dienone is 2. The van der Waals surface area contributed by atoms with Crippen molar-refractivity contribution in [3.05, 3.63) is 24.3 Å². The van der Waals surface area contributed by atoms with Crippen LogP contribution in [0.15, 0.2) is 24.3 Å². The van der Waals surface area contributed by atoms with Gasteiger partial charge < -0.3 is 4.74 Å². The molecule has 0 aromatic rings. The second kappa shape index (κ2) is 21.2. The molecule has 1 rings (SSSR count). The Balaban J connectivity index is 0. The minimum Gasteiger partial charge on any atom is -0.459 e. The summed E-state index contributed by atoms with van der Waals surface area (Å²) in [5, 5.41) is 0. The van der Waals surface area contributed by atoms with E-state index >= 15 is 0 Å². The van der Waals surface area contributed by atoms with E-state index in [-0.39, 0.29) is 17.3 Å². The molecule has 1 fully saturated rings. The van der Waals surface area contributed by atoms with E-state index in [1.165, 1.54) is 31.4 Å². The van der Waals surface area contributed by atoms with Gasteiger partial charge >= 0.3 is 5.97 Å². The van der Waals surface area contributed by atoms with Crippen molar-refractivity contribution in [3.8, 4) is 0 Å². The number of esters is 1. The molecule has 254 valence electrons. The van der Waals surface area contributed by atoms with Crippen molar-refractivity contribution in [2.24, 2.45) is 28.6 Å². The van der Waals surface area contributed by atoms with Crippen LogP contribution in [0.5, 0.6) is 0 Å². The molecule has 5 heteroatoms. The molecule has 0 spiro atoms. The van der Waals surface area contributed by atoms with E-state index in [1.807, 2.05) is 49.3 Å². The van der Waals surface area contributed by atoms with Crippen LogP contribution in [0.4, 0.5) is 0 Å². The van der Waals surface area contributed by atoms with Crippen LogP contribution in [0.2, 0.25) is 0 Å². The highest BCUT2D eigenvalue weighted by Gasteiger charge is 2.30. The highest BCUT2D eigenvalue weighted by atomic mass is 33.1. The predicted molar refractivity (Wildman–Crippen MR) is 197 cm³/mol. The lowest BCUT2D eigenvalue weighted by Gasteiger charge is -2.31. The SMILES string of the molecule is C=C(C)CC(C)(C)OC(=O)CCCC[C@]1(C)CCSS1.CC(=O)C(C)C(C)(C)CC(C)C.CCC(C)(C)C/C=C\C(C)C. The molecule has 43 heavy (non-hydrogen) atoms. The van der Waals surface area contributed by atoms with Crippen molar-refractivity contribution >= 4 is 33.3 Å². The van der Waals surface area contributed by atoms with Crippen LogP contribution in [0.25, 0.3) is 0 Å². The van der Waals surface area contributed by atoms with E-state index < -0.39 is 5.60 Å². The first kappa shape index (κ1) is 44.4. The maximum absolute atomic E-state index is 11.9. The Bertz CT molecular complexity index is 830. The summed E-state index contributed by atoms with van der Waals surface area (Å²) in [6.07, 6.45) is 14.0. The van der Waals surface area contributed by atoms with Gasteiger partial charge in [-0.3, -0.25) is 9.59 Å². The van der Waals surface area contributed by atoms with Gasteiger partial charge in [0.1, 0.15) is 11.4 Å². The summed E-state index contributed by atoms with van der Waals surface area (Å²) < 4.78 is 5.96. The number of ketones is 1. The number of hydrogen-bond donors (Lipinski definition) is 0. The highest BCUT2D eigenvalue weighted by Crippen LogP contribution is 2.49. The van der Waals surface area contributed by atoms with Crippen molar-refractivity contribution in [3.63, 3.8) is 0 Å². The van der Waals surface area contributed by atoms with Gasteiger partial charge in [0.2, 0.25) is 0 Å². The molecule has 1 saturated heterocycles. The fourth-order valence-electron chi connectivity index (χ4n) is 5.12. The summed E-state index contributed by atoms with van der Waals surface area (Å²) in [7, 11) is 3.99. The molecule has 1 heterocycles. The van der Waals surface area contributed by atoms with E-state index in [0.717, 1.165) is 31.3 Å². The molecule has 0 aromatic heterocycles. The molecule has 1 unspecified atom stereocenters. The average molecular weight is 641 g/mol. The van der Waals surface area contributed by atoms with Gasteiger partial charge in [0.15, 0.2) is 0 Å². The third kappa shape index (κ3) is 24.3. The number of Topliss-reactive ketones (excluding diaryl/α,β-unsaturated/α-hetero) is 1. The first-order valence-corrected chi connectivity index (χ1v) is 19.1. The molecular formula is C38H72O3S2. The molecule has 2 atom stereocenters. The summed E-state index contributed by atoms with van der Waals surface area (Å²) in [6.45, 7) is 35.9. The van der Waals surface area contributed by atoms with Crippen LogP contribution < -0.4 is 0 Å². The van der Waals surface area contributed by atoms with Crippen molar-refractivity contribution < 1.29 is 14.3 Å². The van der Waals surface area contributed by atoms with Gasteiger partial charge in [-0.15, -0.1) is 0 Å². The lowest BCUT2D eigenvalue weighted by atomic mass is 9.73. The predicted octanol–water partition coefficient (Wildman–Crippen LogP) is 12.7. The zero-order chi connectivity index (χ0) is 34.1. The van der Waals surface area contributed by atoms with Gasteiger partial charge in [-0.2, -0.15) is 0 Å². The van der Waals surface area contributed by atoms with Crippen LogP contribution in [-0.2, 0) is 14.3 Å². The largest absolute Gasteiger partial charge is 0.459 e. The fraction of sp³-hybridized carbons (Fsp3) is 0.842. The zero-order valence-electron chi connectivity index (χ0n) is 31.2. The van der Waals surface area contributed by atoms with Crippen LogP contribution in [0.3, 0.4) is 0 Å². The molecule has 0 bridgehead atoms. The fourth-order valence-corrected chi connectivity index (χ4v) is 8.42. The summed E-state index contributed by atoms with van der Waals surface area (Å²) in [5.74, 6) is 3.04. The van der Waals surface area contributed by atoms with Crippen molar-refractivity contribution in [2.45, 2.75) is 172 Å². The first-order chi connectivity index (χ1) is 19.5. The monoisotopic (exact) mass is 640 g/mol. The number of carbonyl (C=O) groups is 2. The minimum atomic E-state index is -0.424. The van der Waals surface area contributed by atoms with Gasteiger partial charge in [0.25, 0.3) is 0 Å². The molecule has 3 nitrogen and oxygen atoms in total. The van der Waals surface area contributed by atoms with Crippen molar-refractivity contribution in [2.75, 3.05) is 5.75 Å². The standard InChI is InChI=1S/C16H28O2S2.C11H22O.C11H22/c1-13(2)12-15(3,4)18-14(17)8-6-7-9-16(5)10-11-19-20-16;1-8(2)7-11(5,6)9(3)10(4)12;1-6-11(4,5)9-7-8-10(2)3/h1,6-12H2,2-5H3;8-9H,7H2,1-6H3;7-8,10H,6,9H2,1-5H3/b;;8-7-/t16-;;/m1../s1. The molecule has 1 aliphatic rings. The van der Waals surface area contributed by atoms with E-state index in [2.05, 4.69) is 88.0 Å².